The van der Waals surface area contributed by atoms with Crippen molar-refractivity contribution in [3.63, 3.8) is 0 Å². The van der Waals surface area contributed by atoms with Gasteiger partial charge >= 0.3 is 0 Å². The van der Waals surface area contributed by atoms with Crippen LogP contribution in [0.25, 0.3) is 10.2 Å². The van der Waals surface area contributed by atoms with Gasteiger partial charge in [-0.2, -0.15) is 0 Å². The molecule has 0 amide bonds. The third-order valence-electron chi connectivity index (χ3n) is 5.52. The molecule has 12 heteroatoms. The van der Waals surface area contributed by atoms with Gasteiger partial charge in [0.05, 0.1) is 43.5 Å². The Morgan fingerprint density at radius 2 is 1.68 bits per heavy atom. The monoisotopic (exact) mass is 550 g/mol. The highest BCUT2D eigenvalue weighted by atomic mass is 32.1. The summed E-state index contributed by atoms with van der Waals surface area (Å²) in [5, 5.41) is 3.67. The number of anilines is 4. The molecular weight excluding hydrogens is 512 g/mol. The highest BCUT2D eigenvalue weighted by Gasteiger charge is 2.15. The number of hydrogen-bond acceptors (Lipinski definition) is 10. The topological polar surface area (TPSA) is 120 Å². The second-order valence-electron chi connectivity index (χ2n) is 7.88. The van der Waals surface area contributed by atoms with Crippen molar-refractivity contribution in [2.24, 2.45) is 5.73 Å². The van der Waals surface area contributed by atoms with Crippen LogP contribution in [0.1, 0.15) is 6.92 Å². The first-order valence-corrected chi connectivity index (χ1v) is 12.9. The lowest BCUT2D eigenvalue weighted by Gasteiger charge is -2.23. The Morgan fingerprint density at radius 3 is 2.27 bits per heavy atom. The first-order chi connectivity index (χ1) is 17.8. The average Bonchev–Trinajstić information content (AvgIpc) is 3.29. The summed E-state index contributed by atoms with van der Waals surface area (Å²) in [6, 6.07) is 9.77. The molecule has 0 unspecified atom stereocenters. The number of thiocarbonyl (C=S) groups is 1. The third kappa shape index (κ3) is 8.49. The Labute approximate surface area is 228 Å². The van der Waals surface area contributed by atoms with E-state index in [9.17, 15) is 0 Å². The van der Waals surface area contributed by atoms with Crippen LogP contribution >= 0.6 is 23.6 Å². The Bertz CT molecular complexity index is 1140. The number of fused-ring (bicyclic) bond motifs is 1. The van der Waals surface area contributed by atoms with E-state index in [2.05, 4.69) is 33.1 Å². The van der Waals surface area contributed by atoms with Gasteiger partial charge in [-0.05, 0) is 49.5 Å². The Hall–Kier alpha value is -3.06. The summed E-state index contributed by atoms with van der Waals surface area (Å²) < 4.78 is 21.8. The molecule has 5 N–H and O–H groups in total. The van der Waals surface area contributed by atoms with Gasteiger partial charge in [0.25, 0.3) is 0 Å². The molecule has 10 nitrogen and oxygen atoms in total. The van der Waals surface area contributed by atoms with Gasteiger partial charge in [0, 0.05) is 46.6 Å². The molecule has 0 spiro atoms. The van der Waals surface area contributed by atoms with E-state index in [1.807, 2.05) is 31.3 Å². The van der Waals surface area contributed by atoms with Crippen molar-refractivity contribution < 1.29 is 18.9 Å². The van der Waals surface area contributed by atoms with Crippen LogP contribution in [0.2, 0.25) is 0 Å². The zero-order chi connectivity index (χ0) is 27.4. The van der Waals surface area contributed by atoms with Crippen LogP contribution in [0.4, 0.5) is 22.2 Å². The largest absolute Gasteiger partial charge is 0.495 e. The second-order valence-corrected chi connectivity index (χ2v) is 9.35. The molecule has 204 valence electrons. The minimum Gasteiger partial charge on any atom is -0.495 e. The molecule has 0 radical (unpaired) electrons. The summed E-state index contributed by atoms with van der Waals surface area (Å²) in [5.74, 6) is 1.46. The summed E-state index contributed by atoms with van der Waals surface area (Å²) in [6.07, 6.45) is 0. The molecule has 3 aromatic rings. The van der Waals surface area contributed by atoms with Crippen molar-refractivity contribution in [3.05, 3.63) is 30.3 Å². The number of thiazole rings is 1. The SMILES string of the molecule is CCN(CCOC)c1ccc(OC)c2nc(N)sc12.COCCN(C)c1ccc(OC)c(NC(N)=S)c1. The van der Waals surface area contributed by atoms with Crippen LogP contribution in [0.5, 0.6) is 11.5 Å². The summed E-state index contributed by atoms with van der Waals surface area (Å²) in [7, 11) is 8.64. The smallest absolute Gasteiger partial charge is 0.181 e. The van der Waals surface area contributed by atoms with Gasteiger partial charge in [-0.25, -0.2) is 4.98 Å². The van der Waals surface area contributed by atoms with Crippen LogP contribution < -0.4 is 36.1 Å². The lowest BCUT2D eigenvalue weighted by molar-refractivity contribution is 0.205. The van der Waals surface area contributed by atoms with E-state index in [0.717, 1.165) is 52.7 Å². The zero-order valence-electron chi connectivity index (χ0n) is 22.4. The van der Waals surface area contributed by atoms with Crippen LogP contribution in [-0.2, 0) is 9.47 Å². The van der Waals surface area contributed by atoms with Crippen LogP contribution in [0.15, 0.2) is 30.3 Å². The van der Waals surface area contributed by atoms with E-state index in [4.69, 9.17) is 42.6 Å². The number of aromatic nitrogens is 1. The standard InChI is InChI=1S/C13H19N3O2S.C12H19N3O2S/c1-4-16(7-8-17-2)9-5-6-10(18-3)11-12(9)19-13(14)15-11;1-15(6-7-16-2)9-4-5-11(17-3)10(8-9)14-12(13)18/h5-6H,4,7-8H2,1-3H3,(H2,14,15);4-5,8H,6-7H2,1-3H3,(H3,13,14,18). The number of nitrogens with zero attached hydrogens (tertiary/aromatic N) is 3. The third-order valence-corrected chi connectivity index (χ3v) is 6.53. The molecular formula is C25H38N6O4S2. The van der Waals surface area contributed by atoms with Crippen molar-refractivity contribution in [3.8, 4) is 11.5 Å². The first kappa shape index (κ1) is 30.2. The summed E-state index contributed by atoms with van der Waals surface area (Å²) in [4.78, 5) is 8.68. The molecule has 0 aliphatic rings. The minimum absolute atomic E-state index is 0.213. The van der Waals surface area contributed by atoms with E-state index in [1.165, 1.54) is 11.3 Å². The zero-order valence-corrected chi connectivity index (χ0v) is 24.0. The van der Waals surface area contributed by atoms with E-state index >= 15 is 0 Å². The maximum atomic E-state index is 5.83. The van der Waals surface area contributed by atoms with Gasteiger partial charge in [-0.15, -0.1) is 0 Å². The number of nitrogens with two attached hydrogens (primary N) is 2. The van der Waals surface area contributed by atoms with Gasteiger partial charge < -0.3 is 45.5 Å². The fraction of sp³-hybridized carbons (Fsp3) is 0.440. The van der Waals surface area contributed by atoms with Crippen molar-refractivity contribution >= 4 is 61.1 Å². The number of nitrogen functional groups attached to an aromatic ring is 1. The molecule has 0 saturated carbocycles. The normalized spacial score (nSPS) is 10.4. The molecule has 0 aliphatic heterocycles. The van der Waals surface area contributed by atoms with Crippen molar-refractivity contribution in [1.29, 1.82) is 0 Å². The number of rotatable bonds is 12. The van der Waals surface area contributed by atoms with Gasteiger partial charge in [-0.1, -0.05) is 11.3 Å². The van der Waals surface area contributed by atoms with E-state index in [-0.39, 0.29) is 5.11 Å². The number of methoxy groups -OCH3 is 4. The van der Waals surface area contributed by atoms with Crippen molar-refractivity contribution in [1.82, 2.24) is 4.98 Å². The summed E-state index contributed by atoms with van der Waals surface area (Å²) in [5.41, 5.74) is 15.1. The van der Waals surface area contributed by atoms with E-state index < -0.39 is 0 Å². The van der Waals surface area contributed by atoms with Gasteiger partial charge in [0.2, 0.25) is 0 Å². The fourth-order valence-corrected chi connectivity index (χ4v) is 4.57. The second kappa shape index (κ2) is 15.3. The maximum absolute atomic E-state index is 5.83. The molecule has 0 fully saturated rings. The minimum atomic E-state index is 0.213. The predicted octanol–water partition coefficient (Wildman–Crippen LogP) is 3.79. The maximum Gasteiger partial charge on any atom is 0.181 e. The molecule has 1 aromatic heterocycles. The number of nitrogens with one attached hydrogen (secondary N) is 1. The van der Waals surface area contributed by atoms with Crippen LogP contribution in [0.3, 0.4) is 0 Å². The van der Waals surface area contributed by atoms with Crippen molar-refractivity contribution in [2.45, 2.75) is 6.92 Å². The van der Waals surface area contributed by atoms with Crippen LogP contribution in [-0.4, -0.2) is 78.4 Å². The molecule has 0 aliphatic carbocycles. The Kier molecular flexibility index (Phi) is 12.4. The molecule has 0 atom stereocenters. The lowest BCUT2D eigenvalue weighted by Crippen LogP contribution is -2.26. The highest BCUT2D eigenvalue weighted by molar-refractivity contribution is 7.80. The van der Waals surface area contributed by atoms with Crippen LogP contribution in [0, 0.1) is 0 Å². The summed E-state index contributed by atoms with van der Waals surface area (Å²) >= 11 is 6.33. The summed E-state index contributed by atoms with van der Waals surface area (Å²) in [6.45, 7) is 6.02. The highest BCUT2D eigenvalue weighted by Crippen LogP contribution is 2.38. The molecule has 0 saturated heterocycles. The number of likely N-dealkylation sites (N-methyl/N-ethyl adjacent to an activating group) is 2. The molecule has 2 aromatic carbocycles. The molecule has 37 heavy (non-hydrogen) atoms. The molecule has 0 bridgehead atoms. The Morgan fingerprint density at radius 1 is 1.03 bits per heavy atom. The first-order valence-electron chi connectivity index (χ1n) is 11.7. The lowest BCUT2D eigenvalue weighted by atomic mass is 10.2. The van der Waals surface area contributed by atoms with Gasteiger partial charge in [0.15, 0.2) is 10.2 Å². The Balaban J connectivity index is 0.000000261. The predicted molar refractivity (Wildman–Crippen MR) is 159 cm³/mol. The average molecular weight is 551 g/mol. The molecule has 3 rings (SSSR count). The van der Waals surface area contributed by atoms with Crippen molar-refractivity contribution in [2.75, 3.05) is 89.2 Å². The number of hydrogen-bond donors (Lipinski definition) is 3. The van der Waals surface area contributed by atoms with E-state index in [1.54, 1.807) is 28.4 Å². The van der Waals surface area contributed by atoms with E-state index in [0.29, 0.717) is 24.1 Å². The van der Waals surface area contributed by atoms with Gasteiger partial charge in [0.1, 0.15) is 17.0 Å². The quantitative estimate of drug-likeness (QED) is 0.286. The number of benzene rings is 2. The fourth-order valence-electron chi connectivity index (χ4n) is 3.57. The number of ether oxygens (including phenoxy) is 4. The molecule has 1 heterocycles. The van der Waals surface area contributed by atoms with Gasteiger partial charge in [-0.3, -0.25) is 0 Å².